The Kier molecular flexibility index (Phi) is 2.86. The van der Waals surface area contributed by atoms with Gasteiger partial charge in [-0.05, 0) is 17.0 Å². The van der Waals surface area contributed by atoms with Crippen LogP contribution in [-0.4, -0.2) is 9.79 Å². The van der Waals surface area contributed by atoms with Gasteiger partial charge in [-0.3, -0.25) is 4.57 Å². The monoisotopic (exact) mass is 214 g/mol. The van der Waals surface area contributed by atoms with Crippen LogP contribution in [0.15, 0.2) is 24.3 Å². The summed E-state index contributed by atoms with van der Waals surface area (Å²) < 4.78 is 11.2. The van der Waals surface area contributed by atoms with E-state index in [-0.39, 0.29) is 10.7 Å². The van der Waals surface area contributed by atoms with Gasteiger partial charge in [0, 0.05) is 0 Å². The molecule has 14 heavy (non-hydrogen) atoms. The normalized spacial score (nSPS) is 12.9. The van der Waals surface area contributed by atoms with Crippen molar-refractivity contribution < 1.29 is 14.4 Å². The van der Waals surface area contributed by atoms with Crippen molar-refractivity contribution in [2.75, 3.05) is 0 Å². The molecule has 0 fully saturated rings. The van der Waals surface area contributed by atoms with Crippen molar-refractivity contribution in [1.29, 1.82) is 0 Å². The molecule has 0 bridgehead atoms. The fraction of sp³-hybridized carbons (Fsp3) is 0.400. The molecule has 0 aliphatic carbocycles. The van der Waals surface area contributed by atoms with Crippen LogP contribution in [0.2, 0.25) is 0 Å². The molecule has 1 rings (SSSR count). The highest BCUT2D eigenvalue weighted by Gasteiger charge is 2.26. The molecule has 78 valence electrons. The molecule has 1 aromatic carbocycles. The van der Waals surface area contributed by atoms with Gasteiger partial charge in [0.2, 0.25) is 0 Å². The van der Waals surface area contributed by atoms with Crippen LogP contribution in [0, 0.1) is 0 Å². The molecule has 4 heteroatoms. The largest absolute Gasteiger partial charge is 0.356 e. The summed E-state index contributed by atoms with van der Waals surface area (Å²) in [5.74, 6) is 0. The highest BCUT2D eigenvalue weighted by molar-refractivity contribution is 7.60. The first-order valence-corrected chi connectivity index (χ1v) is 6.00. The van der Waals surface area contributed by atoms with Gasteiger partial charge in [0.1, 0.15) is 0 Å². The van der Waals surface area contributed by atoms with E-state index >= 15 is 0 Å². The summed E-state index contributed by atoms with van der Waals surface area (Å²) in [4.78, 5) is 18.3. The van der Waals surface area contributed by atoms with Crippen molar-refractivity contribution in [2.45, 2.75) is 26.2 Å². The maximum absolute atomic E-state index is 11.2. The molecule has 0 heterocycles. The standard InChI is InChI=1S/C10H15O3P/c1-10(2,3)8-6-4-5-7-9(8)14(11,12)13/h4-7H,1-3H3,(H2,11,12,13). The third-order valence-corrected chi connectivity index (χ3v) is 3.04. The van der Waals surface area contributed by atoms with E-state index in [4.69, 9.17) is 9.79 Å². The van der Waals surface area contributed by atoms with Gasteiger partial charge >= 0.3 is 7.60 Å². The number of hydrogen-bond acceptors (Lipinski definition) is 1. The SMILES string of the molecule is CC(C)(C)c1ccccc1P(=O)(O)O. The molecule has 3 nitrogen and oxygen atoms in total. The van der Waals surface area contributed by atoms with Gasteiger partial charge in [0.25, 0.3) is 0 Å². The van der Waals surface area contributed by atoms with Crippen LogP contribution in [0.1, 0.15) is 26.3 Å². The van der Waals surface area contributed by atoms with Crippen LogP contribution >= 0.6 is 7.60 Å². The summed E-state index contributed by atoms with van der Waals surface area (Å²) in [5, 5.41) is 0.132. The maximum atomic E-state index is 11.2. The second-order valence-electron chi connectivity index (χ2n) is 4.31. The highest BCUT2D eigenvalue weighted by atomic mass is 31.2. The number of rotatable bonds is 1. The first-order chi connectivity index (χ1) is 6.23. The average molecular weight is 214 g/mol. The minimum atomic E-state index is -4.15. The van der Waals surface area contributed by atoms with E-state index in [1.807, 2.05) is 20.8 Å². The van der Waals surface area contributed by atoms with E-state index in [2.05, 4.69) is 0 Å². The average Bonchev–Trinajstić information content (AvgIpc) is 2.01. The summed E-state index contributed by atoms with van der Waals surface area (Å²) in [7, 11) is -4.15. The summed E-state index contributed by atoms with van der Waals surface area (Å²) in [6, 6.07) is 6.68. The minimum absolute atomic E-state index is 0.132. The molecule has 2 N–H and O–H groups in total. The topological polar surface area (TPSA) is 57.5 Å². The smallest absolute Gasteiger partial charge is 0.321 e. The molecule has 0 amide bonds. The van der Waals surface area contributed by atoms with Crippen LogP contribution in [0.5, 0.6) is 0 Å². The van der Waals surface area contributed by atoms with Crippen molar-refractivity contribution >= 4 is 12.9 Å². The van der Waals surface area contributed by atoms with Crippen molar-refractivity contribution in [3.63, 3.8) is 0 Å². The molecule has 0 aliphatic heterocycles. The lowest BCUT2D eigenvalue weighted by molar-refractivity contribution is 0.386. The Balaban J connectivity index is 3.39. The fourth-order valence-electron chi connectivity index (χ4n) is 1.36. The maximum Gasteiger partial charge on any atom is 0.356 e. The van der Waals surface area contributed by atoms with Gasteiger partial charge in [-0.1, -0.05) is 39.0 Å². The van der Waals surface area contributed by atoms with Crippen molar-refractivity contribution in [2.24, 2.45) is 0 Å². The molecule has 0 unspecified atom stereocenters. The lowest BCUT2D eigenvalue weighted by Crippen LogP contribution is -2.22. The third-order valence-electron chi connectivity index (χ3n) is 2.03. The van der Waals surface area contributed by atoms with E-state index in [1.54, 1.807) is 18.2 Å². The summed E-state index contributed by atoms with van der Waals surface area (Å²) in [6.07, 6.45) is 0. The van der Waals surface area contributed by atoms with Gasteiger partial charge in [0.05, 0.1) is 5.30 Å². The van der Waals surface area contributed by atoms with E-state index in [0.717, 1.165) is 0 Å². The predicted octanol–water partition coefficient (Wildman–Crippen LogP) is 1.79. The molecule has 1 aromatic rings. The Hall–Kier alpha value is -0.630. The molecule has 0 aliphatic rings. The Morgan fingerprint density at radius 3 is 2.00 bits per heavy atom. The minimum Gasteiger partial charge on any atom is -0.321 e. The van der Waals surface area contributed by atoms with Crippen molar-refractivity contribution in [3.8, 4) is 0 Å². The van der Waals surface area contributed by atoms with Gasteiger partial charge in [-0.15, -0.1) is 0 Å². The van der Waals surface area contributed by atoms with Crippen molar-refractivity contribution in [1.82, 2.24) is 0 Å². The molecule has 0 spiro atoms. The fourth-order valence-corrected chi connectivity index (χ4v) is 2.37. The zero-order chi connectivity index (χ0) is 11.0. The molecule has 0 saturated heterocycles. The Bertz CT molecular complexity index is 373. The first-order valence-electron chi connectivity index (χ1n) is 4.38. The van der Waals surface area contributed by atoms with Gasteiger partial charge in [-0.25, -0.2) is 0 Å². The van der Waals surface area contributed by atoms with E-state index in [9.17, 15) is 4.57 Å². The first kappa shape index (κ1) is 11.4. The van der Waals surface area contributed by atoms with Crippen LogP contribution in [0.25, 0.3) is 0 Å². The quantitative estimate of drug-likeness (QED) is 0.700. The zero-order valence-corrected chi connectivity index (χ0v) is 9.45. The van der Waals surface area contributed by atoms with Crippen LogP contribution < -0.4 is 5.30 Å². The summed E-state index contributed by atoms with van der Waals surface area (Å²) >= 11 is 0. The van der Waals surface area contributed by atoms with Gasteiger partial charge < -0.3 is 9.79 Å². The van der Waals surface area contributed by atoms with Crippen molar-refractivity contribution in [3.05, 3.63) is 29.8 Å². The highest BCUT2D eigenvalue weighted by Crippen LogP contribution is 2.37. The van der Waals surface area contributed by atoms with Crippen LogP contribution in [0.4, 0.5) is 0 Å². The third kappa shape index (κ3) is 2.44. The second kappa shape index (κ2) is 3.50. The Labute approximate surface area is 83.9 Å². The predicted molar refractivity (Wildman–Crippen MR) is 56.8 cm³/mol. The second-order valence-corrected chi connectivity index (χ2v) is 5.88. The molecule has 0 saturated carbocycles. The lowest BCUT2D eigenvalue weighted by Gasteiger charge is -2.22. The molecule has 0 aromatic heterocycles. The Morgan fingerprint density at radius 1 is 1.14 bits per heavy atom. The van der Waals surface area contributed by atoms with Gasteiger partial charge in [-0.2, -0.15) is 0 Å². The van der Waals surface area contributed by atoms with Gasteiger partial charge in [0.15, 0.2) is 0 Å². The summed E-state index contributed by atoms with van der Waals surface area (Å²) in [5.41, 5.74) is 0.450. The van der Waals surface area contributed by atoms with E-state index < -0.39 is 7.60 Å². The Morgan fingerprint density at radius 2 is 1.64 bits per heavy atom. The molecule has 0 radical (unpaired) electrons. The van der Waals surface area contributed by atoms with Crippen LogP contribution in [0.3, 0.4) is 0 Å². The number of benzene rings is 1. The molecular weight excluding hydrogens is 199 g/mol. The van der Waals surface area contributed by atoms with E-state index in [0.29, 0.717) is 5.56 Å². The molecule has 0 atom stereocenters. The zero-order valence-electron chi connectivity index (χ0n) is 8.56. The number of hydrogen-bond donors (Lipinski definition) is 2. The lowest BCUT2D eigenvalue weighted by atomic mass is 9.87. The molecular formula is C10H15O3P. The van der Waals surface area contributed by atoms with Crippen LogP contribution in [-0.2, 0) is 9.98 Å². The van der Waals surface area contributed by atoms with E-state index in [1.165, 1.54) is 6.07 Å². The summed E-state index contributed by atoms with van der Waals surface area (Å²) in [6.45, 7) is 5.80.